The molecule has 0 saturated carbocycles. The monoisotopic (exact) mass is 459 g/mol. The van der Waals surface area contributed by atoms with Gasteiger partial charge in [0.2, 0.25) is 15.0 Å². The smallest absolute Gasteiger partial charge is 0.240 e. The van der Waals surface area contributed by atoms with E-state index in [0.717, 1.165) is 6.42 Å². The van der Waals surface area contributed by atoms with Crippen LogP contribution in [0.4, 0.5) is 4.39 Å². The molecule has 0 radical (unpaired) electrons. The first-order valence-corrected chi connectivity index (χ1v) is 11.4. The summed E-state index contributed by atoms with van der Waals surface area (Å²) in [5, 5.41) is 1.12. The van der Waals surface area contributed by atoms with Crippen molar-refractivity contribution < 1.29 is 17.5 Å². The Bertz CT molecular complexity index is 1190. The van der Waals surface area contributed by atoms with Gasteiger partial charge in [-0.1, -0.05) is 25.1 Å². The zero-order valence-corrected chi connectivity index (χ0v) is 18.7. The standard InChI is InChI=1S/C22H26FN5O3S/c1-3-13-31-15-28(25)21(20(24)16-9-11-17(23)12-10-16)19-14-26-22(27(19)2)32(29,30)18-7-5-4-6-8-18/h4-12,14H,3,13,15,24-25H2,1-2H3/b21-20-. The van der Waals surface area contributed by atoms with E-state index in [1.54, 1.807) is 25.2 Å². The minimum atomic E-state index is -3.88. The third-order valence-electron chi connectivity index (χ3n) is 4.76. The van der Waals surface area contributed by atoms with Gasteiger partial charge in [-0.15, -0.1) is 0 Å². The third kappa shape index (κ3) is 4.82. The second-order valence-electron chi connectivity index (χ2n) is 7.08. The molecule has 0 atom stereocenters. The first-order valence-electron chi connectivity index (χ1n) is 9.95. The highest BCUT2D eigenvalue weighted by Gasteiger charge is 2.27. The fourth-order valence-electron chi connectivity index (χ4n) is 3.15. The van der Waals surface area contributed by atoms with Gasteiger partial charge >= 0.3 is 0 Å². The van der Waals surface area contributed by atoms with Crippen LogP contribution in [0, 0.1) is 5.82 Å². The van der Waals surface area contributed by atoms with Crippen molar-refractivity contribution in [1.82, 2.24) is 14.6 Å². The van der Waals surface area contributed by atoms with Gasteiger partial charge in [0.15, 0.2) is 0 Å². The summed E-state index contributed by atoms with van der Waals surface area (Å²) in [5.74, 6) is 5.86. The lowest BCUT2D eigenvalue weighted by atomic mass is 10.1. The molecule has 0 unspecified atom stereocenters. The number of ether oxygens (including phenoxy) is 1. The number of hydrazine groups is 1. The largest absolute Gasteiger partial charge is 0.396 e. The molecule has 0 fully saturated rings. The Morgan fingerprint density at radius 2 is 1.81 bits per heavy atom. The predicted molar refractivity (Wildman–Crippen MR) is 120 cm³/mol. The van der Waals surface area contributed by atoms with Gasteiger partial charge < -0.3 is 15.0 Å². The highest BCUT2D eigenvalue weighted by atomic mass is 32.2. The molecule has 0 aliphatic rings. The fourth-order valence-corrected chi connectivity index (χ4v) is 4.52. The molecule has 3 rings (SSSR count). The quantitative estimate of drug-likeness (QED) is 0.219. The van der Waals surface area contributed by atoms with E-state index in [1.165, 1.54) is 52.2 Å². The summed E-state index contributed by atoms with van der Waals surface area (Å²) in [5.41, 5.74) is 7.82. The number of hydrogen-bond donors (Lipinski definition) is 2. The van der Waals surface area contributed by atoms with Crippen molar-refractivity contribution in [2.45, 2.75) is 23.4 Å². The number of aromatic nitrogens is 2. The summed E-state index contributed by atoms with van der Waals surface area (Å²) in [6.07, 6.45) is 2.19. The van der Waals surface area contributed by atoms with E-state index in [2.05, 4.69) is 4.98 Å². The number of nitrogens with two attached hydrogens (primary N) is 2. The summed E-state index contributed by atoms with van der Waals surface area (Å²) in [4.78, 5) is 4.27. The fraction of sp³-hybridized carbons (Fsp3) is 0.227. The summed E-state index contributed by atoms with van der Waals surface area (Å²) in [7, 11) is -2.31. The van der Waals surface area contributed by atoms with Gasteiger partial charge in [-0.3, -0.25) is 5.01 Å². The molecule has 0 spiro atoms. The second kappa shape index (κ2) is 9.94. The van der Waals surface area contributed by atoms with E-state index in [1.807, 2.05) is 6.92 Å². The van der Waals surface area contributed by atoms with E-state index < -0.39 is 15.7 Å². The Morgan fingerprint density at radius 3 is 2.44 bits per heavy atom. The maximum atomic E-state index is 13.4. The zero-order valence-electron chi connectivity index (χ0n) is 17.9. The number of sulfone groups is 1. The Balaban J connectivity index is 2.12. The molecule has 3 aromatic rings. The normalized spacial score (nSPS) is 12.5. The summed E-state index contributed by atoms with van der Waals surface area (Å²) >= 11 is 0. The molecule has 1 heterocycles. The minimum Gasteiger partial charge on any atom is -0.396 e. The Morgan fingerprint density at radius 1 is 1.16 bits per heavy atom. The maximum absolute atomic E-state index is 13.4. The van der Waals surface area contributed by atoms with Crippen LogP contribution in [0.25, 0.3) is 11.4 Å². The van der Waals surface area contributed by atoms with Crippen molar-refractivity contribution in [1.29, 1.82) is 0 Å². The highest BCUT2D eigenvalue weighted by Crippen LogP contribution is 2.28. The van der Waals surface area contributed by atoms with Crippen LogP contribution >= 0.6 is 0 Å². The van der Waals surface area contributed by atoms with Crippen LogP contribution < -0.4 is 11.6 Å². The Hall–Kier alpha value is -3.21. The summed E-state index contributed by atoms with van der Waals surface area (Å²) in [6, 6.07) is 13.6. The van der Waals surface area contributed by atoms with E-state index in [9.17, 15) is 12.8 Å². The average molecular weight is 460 g/mol. The van der Waals surface area contributed by atoms with Crippen LogP contribution in [0.15, 0.2) is 70.8 Å². The number of rotatable bonds is 9. The molecule has 4 N–H and O–H groups in total. The number of hydrogen-bond acceptors (Lipinski definition) is 7. The van der Waals surface area contributed by atoms with Crippen molar-refractivity contribution in [2.24, 2.45) is 18.6 Å². The van der Waals surface area contributed by atoms with Gasteiger partial charge in [-0.25, -0.2) is 23.6 Å². The van der Waals surface area contributed by atoms with Crippen LogP contribution in [0.3, 0.4) is 0 Å². The van der Waals surface area contributed by atoms with Crippen molar-refractivity contribution in [2.75, 3.05) is 13.3 Å². The van der Waals surface area contributed by atoms with E-state index in [-0.39, 0.29) is 22.5 Å². The van der Waals surface area contributed by atoms with Crippen LogP contribution in [-0.2, 0) is 21.6 Å². The molecular weight excluding hydrogens is 433 g/mol. The Kier molecular flexibility index (Phi) is 7.29. The van der Waals surface area contributed by atoms with Crippen LogP contribution in [-0.4, -0.2) is 36.3 Å². The average Bonchev–Trinajstić information content (AvgIpc) is 3.17. The molecule has 2 aromatic carbocycles. The first kappa shape index (κ1) is 23.5. The molecule has 0 aliphatic carbocycles. The van der Waals surface area contributed by atoms with E-state index in [0.29, 0.717) is 23.6 Å². The number of benzene rings is 2. The second-order valence-corrected chi connectivity index (χ2v) is 8.92. The molecule has 1 aromatic heterocycles. The Labute approximate surface area is 186 Å². The third-order valence-corrected chi connectivity index (χ3v) is 6.51. The summed E-state index contributed by atoms with van der Waals surface area (Å²) in [6.45, 7) is 2.46. The molecule has 0 amide bonds. The number of halogens is 1. The van der Waals surface area contributed by atoms with Crippen LogP contribution in [0.2, 0.25) is 0 Å². The molecule has 8 nitrogen and oxygen atoms in total. The summed E-state index contributed by atoms with van der Waals surface area (Å²) < 4.78 is 46.6. The van der Waals surface area contributed by atoms with Crippen molar-refractivity contribution in [3.05, 3.63) is 77.9 Å². The van der Waals surface area contributed by atoms with E-state index >= 15 is 0 Å². The lowest BCUT2D eigenvalue weighted by molar-refractivity contribution is 0.0600. The number of imidazole rings is 1. The van der Waals surface area contributed by atoms with Crippen molar-refractivity contribution >= 4 is 21.2 Å². The molecule has 10 heteroatoms. The topological polar surface area (TPSA) is 116 Å². The molecule has 0 aliphatic heterocycles. The molecule has 0 bridgehead atoms. The molecule has 0 saturated heterocycles. The van der Waals surface area contributed by atoms with Crippen LogP contribution in [0.1, 0.15) is 24.6 Å². The lowest BCUT2D eigenvalue weighted by Crippen LogP contribution is -2.34. The first-order chi connectivity index (χ1) is 15.3. The van der Waals surface area contributed by atoms with Gasteiger partial charge in [0.25, 0.3) is 0 Å². The predicted octanol–water partition coefficient (Wildman–Crippen LogP) is 2.74. The van der Waals surface area contributed by atoms with Gasteiger partial charge in [0.05, 0.1) is 22.5 Å². The molecule has 32 heavy (non-hydrogen) atoms. The van der Waals surface area contributed by atoms with Crippen molar-refractivity contribution in [3.63, 3.8) is 0 Å². The van der Waals surface area contributed by atoms with Crippen molar-refractivity contribution in [3.8, 4) is 0 Å². The number of nitrogens with zero attached hydrogens (tertiary/aromatic N) is 3. The highest BCUT2D eigenvalue weighted by molar-refractivity contribution is 7.91. The molecular formula is C22H26FN5O3S. The zero-order chi connectivity index (χ0) is 23.3. The lowest BCUT2D eigenvalue weighted by Gasteiger charge is -2.24. The van der Waals surface area contributed by atoms with E-state index in [4.69, 9.17) is 16.3 Å². The SMILES string of the molecule is CCCOCN(N)/C(=C(\N)c1ccc(F)cc1)c1cnc(S(=O)(=O)c2ccccc2)n1C. The van der Waals surface area contributed by atoms with Gasteiger partial charge in [0.1, 0.15) is 18.2 Å². The maximum Gasteiger partial charge on any atom is 0.240 e. The molecule has 170 valence electrons. The van der Waals surface area contributed by atoms with Crippen LogP contribution in [0.5, 0.6) is 0 Å². The van der Waals surface area contributed by atoms with Gasteiger partial charge in [-0.05, 0) is 48.4 Å². The van der Waals surface area contributed by atoms with Gasteiger partial charge in [-0.2, -0.15) is 0 Å². The minimum absolute atomic E-state index is 0.0109. The van der Waals surface area contributed by atoms with Gasteiger partial charge in [0, 0.05) is 13.7 Å².